The molecule has 1 fully saturated rings. The fourth-order valence-corrected chi connectivity index (χ4v) is 3.34. The van der Waals surface area contributed by atoms with Gasteiger partial charge in [-0.3, -0.25) is 4.90 Å². The highest BCUT2D eigenvalue weighted by molar-refractivity contribution is 5.36. The molecule has 2 aromatic rings. The average molecular weight is 314 g/mol. The smallest absolute Gasteiger partial charge is 0.151 e. The van der Waals surface area contributed by atoms with Gasteiger partial charge in [0.25, 0.3) is 0 Å². The van der Waals surface area contributed by atoms with Gasteiger partial charge in [0, 0.05) is 44.0 Å². The van der Waals surface area contributed by atoms with Crippen molar-refractivity contribution in [1.29, 1.82) is 0 Å². The Kier molecular flexibility index (Phi) is 4.86. The summed E-state index contributed by atoms with van der Waals surface area (Å²) in [7, 11) is 2.07. The molecule has 0 saturated carbocycles. The van der Waals surface area contributed by atoms with Gasteiger partial charge < -0.3 is 4.90 Å². The predicted octanol–water partition coefficient (Wildman–Crippen LogP) is 3.28. The molecule has 1 aromatic heterocycles. The second-order valence-electron chi connectivity index (χ2n) is 6.16. The lowest BCUT2D eigenvalue weighted by atomic mass is 9.99. The van der Waals surface area contributed by atoms with Gasteiger partial charge in [-0.15, -0.1) is 5.10 Å². The van der Waals surface area contributed by atoms with Crippen molar-refractivity contribution in [3.05, 3.63) is 54.0 Å². The molecule has 5 heteroatoms. The lowest BCUT2D eigenvalue weighted by Gasteiger charge is -2.39. The first-order chi connectivity index (χ1) is 11.2. The van der Waals surface area contributed by atoms with Crippen LogP contribution in [0.2, 0.25) is 0 Å². The van der Waals surface area contributed by atoms with Crippen LogP contribution >= 0.6 is 0 Å². The number of anilines is 1. The second kappa shape index (κ2) is 7.04. The van der Waals surface area contributed by atoms with E-state index >= 15 is 0 Å². The number of nitrogens with zero attached hydrogens (tertiary/aromatic N) is 4. The number of rotatable bonds is 4. The third-order valence-corrected chi connectivity index (χ3v) is 4.87. The van der Waals surface area contributed by atoms with Crippen molar-refractivity contribution in [2.75, 3.05) is 25.0 Å². The molecule has 4 nitrogen and oxygen atoms in total. The monoisotopic (exact) mass is 314 g/mol. The van der Waals surface area contributed by atoms with Gasteiger partial charge in [-0.05, 0) is 38.0 Å². The predicted molar refractivity (Wildman–Crippen MR) is 89.8 cm³/mol. The quantitative estimate of drug-likeness (QED) is 0.867. The van der Waals surface area contributed by atoms with Gasteiger partial charge in [-0.1, -0.05) is 18.2 Å². The molecule has 0 aliphatic carbocycles. The van der Waals surface area contributed by atoms with Gasteiger partial charge in [0.1, 0.15) is 5.82 Å². The molecule has 0 N–H and O–H groups in total. The highest BCUT2D eigenvalue weighted by Crippen LogP contribution is 2.28. The zero-order chi connectivity index (χ0) is 16.2. The summed E-state index contributed by atoms with van der Waals surface area (Å²) in [5.74, 6) is 0.798. The van der Waals surface area contributed by atoms with Gasteiger partial charge in [0.15, 0.2) is 5.82 Å². The van der Waals surface area contributed by atoms with Crippen molar-refractivity contribution in [1.82, 2.24) is 15.1 Å². The molecule has 3 rings (SSSR count). The Balaban J connectivity index is 1.61. The van der Waals surface area contributed by atoms with Crippen molar-refractivity contribution >= 4 is 5.82 Å². The van der Waals surface area contributed by atoms with Crippen molar-refractivity contribution in [3.8, 4) is 0 Å². The van der Waals surface area contributed by atoms with E-state index in [1.807, 2.05) is 24.3 Å². The van der Waals surface area contributed by atoms with Gasteiger partial charge in [0.05, 0.1) is 0 Å². The molecule has 1 aliphatic heterocycles. The Bertz CT molecular complexity index is 626. The minimum Gasteiger partial charge on any atom is -0.355 e. The fraction of sp³-hybridized carbons (Fsp3) is 0.444. The van der Waals surface area contributed by atoms with Crippen LogP contribution in [0.3, 0.4) is 0 Å². The Hall–Kier alpha value is -2.01. The summed E-state index contributed by atoms with van der Waals surface area (Å²) in [6, 6.07) is 11.5. The Labute approximate surface area is 136 Å². The summed E-state index contributed by atoms with van der Waals surface area (Å²) in [6.45, 7) is 4.01. The van der Waals surface area contributed by atoms with E-state index in [1.54, 1.807) is 18.3 Å². The van der Waals surface area contributed by atoms with Crippen molar-refractivity contribution in [2.24, 2.45) is 0 Å². The molecular weight excluding hydrogens is 291 g/mol. The molecular formula is C18H23FN4. The maximum atomic E-state index is 14.0. The molecule has 1 aliphatic rings. The van der Waals surface area contributed by atoms with Gasteiger partial charge in [-0.25, -0.2) is 4.39 Å². The van der Waals surface area contributed by atoms with E-state index in [0.29, 0.717) is 6.04 Å². The molecule has 2 heterocycles. The molecule has 0 bridgehead atoms. The summed E-state index contributed by atoms with van der Waals surface area (Å²) >= 11 is 0. The van der Waals surface area contributed by atoms with Crippen LogP contribution in [0.25, 0.3) is 0 Å². The third kappa shape index (κ3) is 3.50. The normalized spacial score (nSPS) is 17.9. The molecule has 1 atom stereocenters. The van der Waals surface area contributed by atoms with E-state index in [1.165, 1.54) is 0 Å². The zero-order valence-electron chi connectivity index (χ0n) is 13.7. The van der Waals surface area contributed by atoms with Gasteiger partial charge >= 0.3 is 0 Å². The van der Waals surface area contributed by atoms with Crippen LogP contribution in [0.4, 0.5) is 10.2 Å². The number of benzene rings is 1. The van der Waals surface area contributed by atoms with Crippen LogP contribution in [0.15, 0.2) is 42.6 Å². The summed E-state index contributed by atoms with van der Waals surface area (Å²) in [6.07, 6.45) is 3.79. The van der Waals surface area contributed by atoms with Crippen LogP contribution in [-0.2, 0) is 0 Å². The van der Waals surface area contributed by atoms with Crippen molar-refractivity contribution in [2.45, 2.75) is 31.8 Å². The van der Waals surface area contributed by atoms with Crippen LogP contribution in [-0.4, -0.2) is 41.3 Å². The van der Waals surface area contributed by atoms with E-state index in [4.69, 9.17) is 0 Å². The summed E-state index contributed by atoms with van der Waals surface area (Å²) < 4.78 is 14.0. The van der Waals surface area contributed by atoms with Crippen LogP contribution < -0.4 is 4.90 Å². The topological polar surface area (TPSA) is 32.3 Å². The highest BCUT2D eigenvalue weighted by atomic mass is 19.1. The van der Waals surface area contributed by atoms with E-state index < -0.39 is 0 Å². The maximum Gasteiger partial charge on any atom is 0.151 e. The van der Waals surface area contributed by atoms with Crippen LogP contribution in [0.1, 0.15) is 31.4 Å². The van der Waals surface area contributed by atoms with Gasteiger partial charge in [-0.2, -0.15) is 5.10 Å². The van der Waals surface area contributed by atoms with Crippen LogP contribution in [0, 0.1) is 5.82 Å². The van der Waals surface area contributed by atoms with E-state index in [9.17, 15) is 4.39 Å². The SMILES string of the molecule is C[C@@H](c1ccccc1F)N1CCC(N(C)c2cccnn2)CC1. The summed E-state index contributed by atoms with van der Waals surface area (Å²) in [4.78, 5) is 4.57. The molecule has 1 aromatic carbocycles. The van der Waals surface area contributed by atoms with Crippen molar-refractivity contribution < 1.29 is 4.39 Å². The van der Waals surface area contributed by atoms with E-state index in [0.717, 1.165) is 37.3 Å². The van der Waals surface area contributed by atoms with E-state index in [-0.39, 0.29) is 11.9 Å². The number of aromatic nitrogens is 2. The fourth-order valence-electron chi connectivity index (χ4n) is 3.34. The van der Waals surface area contributed by atoms with Crippen LogP contribution in [0.5, 0.6) is 0 Å². The first-order valence-electron chi connectivity index (χ1n) is 8.16. The molecule has 122 valence electrons. The highest BCUT2D eigenvalue weighted by Gasteiger charge is 2.27. The minimum absolute atomic E-state index is 0.110. The number of likely N-dealkylation sites (tertiary alicyclic amines) is 1. The number of hydrogen-bond donors (Lipinski definition) is 0. The first-order valence-corrected chi connectivity index (χ1v) is 8.16. The number of hydrogen-bond acceptors (Lipinski definition) is 4. The Morgan fingerprint density at radius 1 is 1.17 bits per heavy atom. The van der Waals surface area contributed by atoms with E-state index in [2.05, 4.69) is 34.0 Å². The molecule has 23 heavy (non-hydrogen) atoms. The lowest BCUT2D eigenvalue weighted by molar-refractivity contribution is 0.159. The zero-order valence-corrected chi connectivity index (χ0v) is 13.7. The van der Waals surface area contributed by atoms with Gasteiger partial charge in [0.2, 0.25) is 0 Å². The second-order valence-corrected chi connectivity index (χ2v) is 6.16. The summed E-state index contributed by atoms with van der Waals surface area (Å²) in [5.41, 5.74) is 0.785. The Morgan fingerprint density at radius 2 is 1.91 bits per heavy atom. The summed E-state index contributed by atoms with van der Waals surface area (Å²) in [5, 5.41) is 8.13. The standard InChI is InChI=1S/C18H23FN4/c1-14(16-6-3-4-7-17(16)19)23-12-9-15(10-13-23)22(2)18-8-5-11-20-21-18/h3-8,11,14-15H,9-10,12-13H2,1-2H3/t14-/m0/s1. The number of piperidine rings is 1. The third-order valence-electron chi connectivity index (χ3n) is 4.87. The molecule has 0 unspecified atom stereocenters. The lowest BCUT2D eigenvalue weighted by Crippen LogP contribution is -2.44. The molecule has 0 amide bonds. The molecule has 0 spiro atoms. The molecule has 0 radical (unpaired) electrons. The number of halogens is 1. The Morgan fingerprint density at radius 3 is 2.57 bits per heavy atom. The largest absolute Gasteiger partial charge is 0.355 e. The first kappa shape index (κ1) is 15.9. The van der Waals surface area contributed by atoms with Crippen molar-refractivity contribution in [3.63, 3.8) is 0 Å². The minimum atomic E-state index is -0.112. The maximum absolute atomic E-state index is 14.0. The molecule has 1 saturated heterocycles. The average Bonchev–Trinajstić information content (AvgIpc) is 2.62.